The highest BCUT2D eigenvalue weighted by atomic mass is 16.3. The zero-order chi connectivity index (χ0) is 7.98. The molecule has 0 fully saturated rings. The molecule has 2 atom stereocenters. The van der Waals surface area contributed by atoms with E-state index in [4.69, 9.17) is 15.3 Å². The molecule has 0 aliphatic heterocycles. The van der Waals surface area contributed by atoms with E-state index in [2.05, 4.69) is 6.92 Å². The third-order valence-electron chi connectivity index (χ3n) is 1.29. The summed E-state index contributed by atoms with van der Waals surface area (Å²) in [6, 6.07) is 0. The fourth-order valence-corrected chi connectivity index (χ4v) is 0.742. The van der Waals surface area contributed by atoms with E-state index in [1.807, 2.05) is 0 Å². The SMILES string of the molecule is [CH2]CCC(O)CC(O)CO. The molecule has 0 aromatic carbocycles. The van der Waals surface area contributed by atoms with Crippen molar-refractivity contribution in [3.8, 4) is 0 Å². The zero-order valence-corrected chi connectivity index (χ0v) is 6.03. The molecule has 0 amide bonds. The van der Waals surface area contributed by atoms with Crippen LogP contribution >= 0.6 is 0 Å². The van der Waals surface area contributed by atoms with Crippen molar-refractivity contribution in [2.24, 2.45) is 0 Å². The van der Waals surface area contributed by atoms with Crippen LogP contribution in [0.15, 0.2) is 0 Å². The predicted octanol–water partition coefficient (Wildman–Crippen LogP) is -0.295. The average Bonchev–Trinajstić information content (AvgIpc) is 1.88. The molecule has 0 aliphatic carbocycles. The van der Waals surface area contributed by atoms with Crippen LogP contribution in [-0.2, 0) is 0 Å². The number of hydrogen-bond donors (Lipinski definition) is 3. The summed E-state index contributed by atoms with van der Waals surface area (Å²) in [5, 5.41) is 26.2. The molecular formula is C7H15O3. The summed E-state index contributed by atoms with van der Waals surface area (Å²) in [5.41, 5.74) is 0. The second-order valence-corrected chi connectivity index (χ2v) is 2.37. The van der Waals surface area contributed by atoms with Gasteiger partial charge in [-0.15, -0.1) is 0 Å². The van der Waals surface area contributed by atoms with Gasteiger partial charge in [-0.3, -0.25) is 0 Å². The van der Waals surface area contributed by atoms with E-state index in [0.29, 0.717) is 12.8 Å². The fourth-order valence-electron chi connectivity index (χ4n) is 0.742. The summed E-state index contributed by atoms with van der Waals surface area (Å²) >= 11 is 0. The van der Waals surface area contributed by atoms with Gasteiger partial charge in [0, 0.05) is 6.42 Å². The van der Waals surface area contributed by atoms with Crippen molar-refractivity contribution in [2.75, 3.05) is 6.61 Å². The summed E-state index contributed by atoms with van der Waals surface area (Å²) in [7, 11) is 0. The standard InChI is InChI=1S/C7H15O3/c1-2-3-6(9)4-7(10)5-8/h6-10H,1-5H2. The Morgan fingerprint density at radius 1 is 1.20 bits per heavy atom. The van der Waals surface area contributed by atoms with Crippen molar-refractivity contribution in [3.05, 3.63) is 6.92 Å². The van der Waals surface area contributed by atoms with E-state index in [1.165, 1.54) is 0 Å². The molecule has 1 radical (unpaired) electrons. The predicted molar refractivity (Wildman–Crippen MR) is 38.3 cm³/mol. The minimum absolute atomic E-state index is 0.242. The van der Waals surface area contributed by atoms with Gasteiger partial charge in [-0.2, -0.15) is 0 Å². The van der Waals surface area contributed by atoms with Gasteiger partial charge in [0.1, 0.15) is 0 Å². The normalized spacial score (nSPS) is 16.8. The summed E-state index contributed by atoms with van der Waals surface area (Å²) < 4.78 is 0. The van der Waals surface area contributed by atoms with Gasteiger partial charge in [-0.05, 0) is 6.42 Å². The first-order chi connectivity index (χ1) is 4.70. The van der Waals surface area contributed by atoms with E-state index in [0.717, 1.165) is 0 Å². The number of hydrogen-bond acceptors (Lipinski definition) is 3. The maximum Gasteiger partial charge on any atom is 0.0795 e. The van der Waals surface area contributed by atoms with Gasteiger partial charge < -0.3 is 15.3 Å². The molecule has 61 valence electrons. The molecule has 0 saturated carbocycles. The number of rotatable bonds is 5. The molecule has 2 unspecified atom stereocenters. The lowest BCUT2D eigenvalue weighted by molar-refractivity contribution is 0.0392. The Hall–Kier alpha value is -0.120. The van der Waals surface area contributed by atoms with Crippen molar-refractivity contribution >= 4 is 0 Å². The minimum atomic E-state index is -0.790. The largest absolute Gasteiger partial charge is 0.394 e. The Morgan fingerprint density at radius 2 is 1.80 bits per heavy atom. The average molecular weight is 147 g/mol. The van der Waals surface area contributed by atoms with E-state index in [-0.39, 0.29) is 13.0 Å². The van der Waals surface area contributed by atoms with Crippen LogP contribution in [0.1, 0.15) is 19.3 Å². The van der Waals surface area contributed by atoms with Gasteiger partial charge in [0.15, 0.2) is 0 Å². The van der Waals surface area contributed by atoms with Crippen LogP contribution in [-0.4, -0.2) is 34.1 Å². The quantitative estimate of drug-likeness (QED) is 0.500. The molecule has 0 rings (SSSR count). The van der Waals surface area contributed by atoms with E-state index in [1.54, 1.807) is 0 Å². The third-order valence-corrected chi connectivity index (χ3v) is 1.29. The molecule has 0 bridgehead atoms. The monoisotopic (exact) mass is 147 g/mol. The summed E-state index contributed by atoms with van der Waals surface area (Å²) in [4.78, 5) is 0. The van der Waals surface area contributed by atoms with Crippen LogP contribution in [0.5, 0.6) is 0 Å². The maximum atomic E-state index is 9.04. The van der Waals surface area contributed by atoms with Crippen molar-refractivity contribution in [1.82, 2.24) is 0 Å². The van der Waals surface area contributed by atoms with E-state index >= 15 is 0 Å². The lowest BCUT2D eigenvalue weighted by atomic mass is 10.1. The highest BCUT2D eigenvalue weighted by molar-refractivity contribution is 4.62. The molecule has 10 heavy (non-hydrogen) atoms. The van der Waals surface area contributed by atoms with Gasteiger partial charge in [-0.1, -0.05) is 13.3 Å². The molecular weight excluding hydrogens is 132 g/mol. The Balaban J connectivity index is 3.27. The van der Waals surface area contributed by atoms with Crippen molar-refractivity contribution in [2.45, 2.75) is 31.5 Å². The number of aliphatic hydroxyl groups excluding tert-OH is 3. The lowest BCUT2D eigenvalue weighted by Gasteiger charge is -2.11. The molecule has 0 saturated heterocycles. The Labute approximate surface area is 61.3 Å². The smallest absolute Gasteiger partial charge is 0.0795 e. The van der Waals surface area contributed by atoms with Gasteiger partial charge in [-0.25, -0.2) is 0 Å². The van der Waals surface area contributed by atoms with Gasteiger partial charge in [0.2, 0.25) is 0 Å². The Morgan fingerprint density at radius 3 is 2.20 bits per heavy atom. The highest BCUT2D eigenvalue weighted by Gasteiger charge is 2.08. The second-order valence-electron chi connectivity index (χ2n) is 2.37. The van der Waals surface area contributed by atoms with E-state index in [9.17, 15) is 0 Å². The topological polar surface area (TPSA) is 60.7 Å². The van der Waals surface area contributed by atoms with Crippen LogP contribution in [0.25, 0.3) is 0 Å². The molecule has 3 heteroatoms. The summed E-state index contributed by atoms with van der Waals surface area (Å²) in [6.07, 6.45) is 0.156. The maximum absolute atomic E-state index is 9.04. The minimum Gasteiger partial charge on any atom is -0.394 e. The summed E-state index contributed by atoms with van der Waals surface area (Å²) in [5.74, 6) is 0. The molecule has 0 aromatic rings. The van der Waals surface area contributed by atoms with Crippen LogP contribution in [0.4, 0.5) is 0 Å². The fraction of sp³-hybridized carbons (Fsp3) is 0.857. The van der Waals surface area contributed by atoms with Crippen LogP contribution in [0, 0.1) is 6.92 Å². The first kappa shape index (κ1) is 9.88. The Kier molecular flexibility index (Phi) is 5.58. The van der Waals surface area contributed by atoms with Crippen LogP contribution in [0.3, 0.4) is 0 Å². The highest BCUT2D eigenvalue weighted by Crippen LogP contribution is 2.03. The lowest BCUT2D eigenvalue weighted by Crippen LogP contribution is -2.20. The second kappa shape index (κ2) is 5.65. The zero-order valence-electron chi connectivity index (χ0n) is 6.03. The molecule has 3 nitrogen and oxygen atoms in total. The number of aliphatic hydroxyl groups is 3. The van der Waals surface area contributed by atoms with Crippen molar-refractivity contribution in [3.63, 3.8) is 0 Å². The first-order valence-electron chi connectivity index (χ1n) is 3.47. The first-order valence-corrected chi connectivity index (χ1v) is 3.47. The van der Waals surface area contributed by atoms with Crippen molar-refractivity contribution in [1.29, 1.82) is 0 Å². The molecule has 0 heterocycles. The molecule has 3 N–H and O–H groups in total. The molecule has 0 aromatic heterocycles. The Bertz CT molecular complexity index is 75.3. The van der Waals surface area contributed by atoms with Gasteiger partial charge in [0.25, 0.3) is 0 Å². The van der Waals surface area contributed by atoms with Gasteiger partial charge in [0.05, 0.1) is 18.8 Å². The van der Waals surface area contributed by atoms with Crippen molar-refractivity contribution < 1.29 is 15.3 Å². The van der Waals surface area contributed by atoms with Gasteiger partial charge >= 0.3 is 0 Å². The molecule has 0 spiro atoms. The van der Waals surface area contributed by atoms with E-state index < -0.39 is 12.2 Å². The van der Waals surface area contributed by atoms with Crippen LogP contribution < -0.4 is 0 Å². The summed E-state index contributed by atoms with van der Waals surface area (Å²) in [6.45, 7) is 3.27. The van der Waals surface area contributed by atoms with Crippen LogP contribution in [0.2, 0.25) is 0 Å². The molecule has 0 aliphatic rings. The third kappa shape index (κ3) is 4.73.